The average molecular weight is 206 g/mol. The molecule has 2 aliphatic carbocycles. The van der Waals surface area contributed by atoms with Crippen molar-refractivity contribution in [2.75, 3.05) is 6.54 Å². The van der Waals surface area contributed by atoms with Crippen molar-refractivity contribution >= 4 is 5.91 Å². The molecule has 0 atom stereocenters. The van der Waals surface area contributed by atoms with E-state index in [9.17, 15) is 4.79 Å². The van der Waals surface area contributed by atoms with Crippen LogP contribution >= 0.6 is 0 Å². The molecule has 2 fully saturated rings. The van der Waals surface area contributed by atoms with Gasteiger partial charge in [0.25, 0.3) is 0 Å². The Bertz CT molecular complexity index is 282. The molecule has 0 radical (unpaired) electrons. The molecule has 2 rings (SSSR count). The standard InChI is InChI=1S/C12H18N2O/c13-9-12(6-3-7-12)11(15)14-8-10-4-1-2-5-10/h10H,1-8H2,(H,14,15). The molecule has 2 saturated carbocycles. The van der Waals surface area contributed by atoms with Gasteiger partial charge in [-0.3, -0.25) is 4.79 Å². The minimum Gasteiger partial charge on any atom is -0.354 e. The van der Waals surface area contributed by atoms with Crippen LogP contribution in [-0.4, -0.2) is 12.5 Å². The molecule has 0 unspecified atom stereocenters. The van der Waals surface area contributed by atoms with Crippen molar-refractivity contribution in [3.05, 3.63) is 0 Å². The molecule has 0 spiro atoms. The van der Waals surface area contributed by atoms with E-state index in [1.54, 1.807) is 0 Å². The summed E-state index contributed by atoms with van der Waals surface area (Å²) in [6.45, 7) is 0.780. The van der Waals surface area contributed by atoms with Crippen LogP contribution in [0.4, 0.5) is 0 Å². The lowest BCUT2D eigenvalue weighted by Gasteiger charge is -2.33. The SMILES string of the molecule is N#CC1(C(=O)NCC2CCCC2)CCC1. The third-order valence-corrected chi connectivity index (χ3v) is 3.88. The van der Waals surface area contributed by atoms with Gasteiger partial charge in [0.15, 0.2) is 0 Å². The number of nitriles is 1. The summed E-state index contributed by atoms with van der Waals surface area (Å²) in [6, 6.07) is 2.18. The van der Waals surface area contributed by atoms with Crippen LogP contribution in [0.1, 0.15) is 44.9 Å². The van der Waals surface area contributed by atoms with E-state index < -0.39 is 5.41 Å². The van der Waals surface area contributed by atoms with E-state index in [0.717, 1.165) is 25.8 Å². The van der Waals surface area contributed by atoms with E-state index in [1.165, 1.54) is 25.7 Å². The van der Waals surface area contributed by atoms with Gasteiger partial charge in [-0.2, -0.15) is 5.26 Å². The molecule has 2 aliphatic rings. The molecule has 0 aromatic heterocycles. The fraction of sp³-hybridized carbons (Fsp3) is 0.833. The van der Waals surface area contributed by atoms with Crippen molar-refractivity contribution in [2.24, 2.45) is 11.3 Å². The van der Waals surface area contributed by atoms with Crippen molar-refractivity contribution < 1.29 is 4.79 Å². The van der Waals surface area contributed by atoms with Crippen LogP contribution in [0.5, 0.6) is 0 Å². The Balaban J connectivity index is 1.79. The first-order valence-corrected chi connectivity index (χ1v) is 5.96. The molecule has 0 aromatic rings. The molecular weight excluding hydrogens is 188 g/mol. The van der Waals surface area contributed by atoms with E-state index in [4.69, 9.17) is 5.26 Å². The van der Waals surface area contributed by atoms with Gasteiger partial charge in [-0.05, 0) is 38.0 Å². The third kappa shape index (κ3) is 1.99. The maximum atomic E-state index is 11.8. The monoisotopic (exact) mass is 206 g/mol. The molecule has 0 bridgehead atoms. The van der Waals surface area contributed by atoms with Crippen LogP contribution in [0, 0.1) is 22.7 Å². The summed E-state index contributed by atoms with van der Waals surface area (Å²) in [5.74, 6) is 0.632. The van der Waals surface area contributed by atoms with Crippen LogP contribution in [0.3, 0.4) is 0 Å². The molecule has 1 amide bonds. The number of nitrogens with one attached hydrogen (secondary N) is 1. The second-order valence-electron chi connectivity index (χ2n) is 4.91. The molecule has 0 heterocycles. The summed E-state index contributed by atoms with van der Waals surface area (Å²) in [4.78, 5) is 11.8. The molecule has 3 heteroatoms. The zero-order valence-corrected chi connectivity index (χ0v) is 9.09. The topological polar surface area (TPSA) is 52.9 Å². The van der Waals surface area contributed by atoms with E-state index in [0.29, 0.717) is 5.92 Å². The number of hydrogen-bond donors (Lipinski definition) is 1. The van der Waals surface area contributed by atoms with E-state index in [-0.39, 0.29) is 5.91 Å². The van der Waals surface area contributed by atoms with E-state index >= 15 is 0 Å². The van der Waals surface area contributed by atoms with Gasteiger partial charge in [0.05, 0.1) is 6.07 Å². The smallest absolute Gasteiger partial charge is 0.240 e. The number of rotatable bonds is 3. The van der Waals surface area contributed by atoms with E-state index in [1.807, 2.05) is 0 Å². The number of nitrogens with zero attached hydrogens (tertiary/aromatic N) is 1. The average Bonchev–Trinajstić information content (AvgIpc) is 2.66. The largest absolute Gasteiger partial charge is 0.354 e. The Morgan fingerprint density at radius 3 is 2.47 bits per heavy atom. The van der Waals surface area contributed by atoms with Crippen LogP contribution < -0.4 is 5.32 Å². The van der Waals surface area contributed by atoms with Gasteiger partial charge in [0, 0.05) is 6.54 Å². The quantitative estimate of drug-likeness (QED) is 0.767. The highest BCUT2D eigenvalue weighted by atomic mass is 16.2. The van der Waals surface area contributed by atoms with Gasteiger partial charge in [0.2, 0.25) is 5.91 Å². The van der Waals surface area contributed by atoms with Gasteiger partial charge in [-0.1, -0.05) is 12.8 Å². The van der Waals surface area contributed by atoms with Gasteiger partial charge < -0.3 is 5.32 Å². The Labute approximate surface area is 90.8 Å². The normalized spacial score (nSPS) is 24.2. The van der Waals surface area contributed by atoms with Gasteiger partial charge in [-0.15, -0.1) is 0 Å². The number of hydrogen-bond acceptors (Lipinski definition) is 2. The zero-order valence-electron chi connectivity index (χ0n) is 9.09. The Morgan fingerprint density at radius 2 is 2.00 bits per heavy atom. The van der Waals surface area contributed by atoms with Crippen LogP contribution in [0.25, 0.3) is 0 Å². The van der Waals surface area contributed by atoms with Crippen molar-refractivity contribution in [2.45, 2.75) is 44.9 Å². The predicted octanol–water partition coefficient (Wildman–Crippen LogP) is 1.99. The molecule has 15 heavy (non-hydrogen) atoms. The van der Waals surface area contributed by atoms with Gasteiger partial charge in [0.1, 0.15) is 5.41 Å². The molecule has 0 aliphatic heterocycles. The second kappa shape index (κ2) is 4.22. The fourth-order valence-corrected chi connectivity index (χ4v) is 2.54. The molecule has 82 valence electrons. The van der Waals surface area contributed by atoms with Crippen molar-refractivity contribution in [1.29, 1.82) is 5.26 Å². The second-order valence-corrected chi connectivity index (χ2v) is 4.91. The fourth-order valence-electron chi connectivity index (χ4n) is 2.54. The maximum absolute atomic E-state index is 11.8. The Morgan fingerprint density at radius 1 is 1.33 bits per heavy atom. The van der Waals surface area contributed by atoms with Gasteiger partial charge in [-0.25, -0.2) is 0 Å². The summed E-state index contributed by atoms with van der Waals surface area (Å²) in [7, 11) is 0. The number of amides is 1. The lowest BCUT2D eigenvalue weighted by molar-refractivity contribution is -0.131. The van der Waals surface area contributed by atoms with Crippen LogP contribution in [0.15, 0.2) is 0 Å². The summed E-state index contributed by atoms with van der Waals surface area (Å²) in [5.41, 5.74) is -0.668. The molecule has 0 aromatic carbocycles. The Hall–Kier alpha value is -1.04. The summed E-state index contributed by atoms with van der Waals surface area (Å²) in [6.07, 6.45) is 7.58. The van der Waals surface area contributed by atoms with Crippen LogP contribution in [0.2, 0.25) is 0 Å². The number of carbonyl (C=O) groups is 1. The first-order chi connectivity index (χ1) is 7.27. The Kier molecular flexibility index (Phi) is 2.95. The first kappa shape index (κ1) is 10.5. The molecular formula is C12H18N2O. The van der Waals surface area contributed by atoms with Crippen molar-refractivity contribution in [3.8, 4) is 6.07 Å². The predicted molar refractivity (Wildman–Crippen MR) is 56.9 cm³/mol. The highest BCUT2D eigenvalue weighted by molar-refractivity contribution is 5.86. The minimum atomic E-state index is -0.668. The summed E-state index contributed by atoms with van der Waals surface area (Å²) < 4.78 is 0. The summed E-state index contributed by atoms with van der Waals surface area (Å²) in [5, 5.41) is 11.9. The highest BCUT2D eigenvalue weighted by Gasteiger charge is 2.44. The lowest BCUT2D eigenvalue weighted by Crippen LogP contribution is -2.45. The lowest BCUT2D eigenvalue weighted by atomic mass is 9.69. The van der Waals surface area contributed by atoms with Gasteiger partial charge >= 0.3 is 0 Å². The number of carbonyl (C=O) groups excluding carboxylic acids is 1. The third-order valence-electron chi connectivity index (χ3n) is 3.88. The van der Waals surface area contributed by atoms with E-state index in [2.05, 4.69) is 11.4 Å². The first-order valence-electron chi connectivity index (χ1n) is 5.96. The molecule has 1 N–H and O–H groups in total. The highest BCUT2D eigenvalue weighted by Crippen LogP contribution is 2.40. The molecule has 3 nitrogen and oxygen atoms in total. The maximum Gasteiger partial charge on any atom is 0.240 e. The van der Waals surface area contributed by atoms with Crippen LogP contribution in [-0.2, 0) is 4.79 Å². The van der Waals surface area contributed by atoms with Crippen molar-refractivity contribution in [3.63, 3.8) is 0 Å². The van der Waals surface area contributed by atoms with Crippen molar-refractivity contribution in [1.82, 2.24) is 5.32 Å². The zero-order chi connectivity index (χ0) is 10.7. The summed E-state index contributed by atoms with van der Waals surface area (Å²) >= 11 is 0. The minimum absolute atomic E-state index is 0.0249. The molecule has 0 saturated heterocycles.